The number of aliphatic imine (C=N–C) groups is 1. The number of sulfonamides is 1. The molecule has 0 aromatic heterocycles. The van der Waals surface area contributed by atoms with Crippen molar-refractivity contribution in [3.63, 3.8) is 0 Å². The van der Waals surface area contributed by atoms with Gasteiger partial charge >= 0.3 is 0 Å². The molecule has 0 amide bonds. The van der Waals surface area contributed by atoms with E-state index in [1.165, 1.54) is 6.42 Å². The number of nitrogens with one attached hydrogen (secondary N) is 1. The fourth-order valence-corrected chi connectivity index (χ4v) is 4.33. The molecule has 2 fully saturated rings. The maximum Gasteiger partial charge on any atom is 0.240 e. The first-order chi connectivity index (χ1) is 12.5. The van der Waals surface area contributed by atoms with E-state index in [1.807, 2.05) is 0 Å². The quantitative estimate of drug-likeness (QED) is 0.349. The Morgan fingerprint density at radius 2 is 1.89 bits per heavy atom. The number of ether oxygens (including phenoxy) is 1. The molecule has 7 nitrogen and oxygen atoms in total. The first-order valence-corrected chi connectivity index (χ1v) is 10.8. The summed E-state index contributed by atoms with van der Waals surface area (Å²) in [5, 5.41) is 0. The van der Waals surface area contributed by atoms with Crippen LogP contribution in [0.1, 0.15) is 37.7 Å². The summed E-state index contributed by atoms with van der Waals surface area (Å²) in [6.45, 7) is 3.40. The van der Waals surface area contributed by atoms with Crippen LogP contribution in [0, 0.1) is 0 Å². The number of nitrogens with zero attached hydrogens (tertiary/aromatic N) is 2. The third-order valence-corrected chi connectivity index (χ3v) is 6.30. The first-order valence-electron chi connectivity index (χ1n) is 9.30. The summed E-state index contributed by atoms with van der Waals surface area (Å²) in [7, 11) is -3.51. The van der Waals surface area contributed by atoms with E-state index in [0.717, 1.165) is 44.3 Å². The van der Waals surface area contributed by atoms with Gasteiger partial charge in [0.2, 0.25) is 10.0 Å². The van der Waals surface area contributed by atoms with Gasteiger partial charge in [0.1, 0.15) is 0 Å². The van der Waals surface area contributed by atoms with Crippen molar-refractivity contribution in [2.45, 2.75) is 49.6 Å². The Balaban J connectivity index is 0.00000261. The predicted octanol–water partition coefficient (Wildman–Crippen LogP) is 2.06. The van der Waals surface area contributed by atoms with Crippen LogP contribution < -0.4 is 10.5 Å². The van der Waals surface area contributed by atoms with E-state index in [-0.39, 0.29) is 35.0 Å². The Morgan fingerprint density at radius 3 is 2.52 bits per heavy atom. The second kappa shape index (κ2) is 10.6. The average Bonchev–Trinajstić information content (AvgIpc) is 3.19. The van der Waals surface area contributed by atoms with Gasteiger partial charge in [-0.25, -0.2) is 18.1 Å². The molecule has 0 aliphatic carbocycles. The summed E-state index contributed by atoms with van der Waals surface area (Å²) in [6, 6.07) is 6.79. The molecule has 0 saturated carbocycles. The maximum atomic E-state index is 12.4. The van der Waals surface area contributed by atoms with Crippen LogP contribution in [0.4, 0.5) is 0 Å². The van der Waals surface area contributed by atoms with E-state index in [2.05, 4.69) is 14.6 Å². The highest BCUT2D eigenvalue weighted by molar-refractivity contribution is 14.0. The van der Waals surface area contributed by atoms with Crippen LogP contribution >= 0.6 is 24.0 Å². The molecular formula is C18H29IN4O3S. The molecule has 1 aromatic rings. The van der Waals surface area contributed by atoms with Gasteiger partial charge < -0.3 is 15.4 Å². The van der Waals surface area contributed by atoms with Crippen LogP contribution in [0.2, 0.25) is 0 Å². The van der Waals surface area contributed by atoms with Crippen molar-refractivity contribution < 1.29 is 13.2 Å². The maximum absolute atomic E-state index is 12.4. The highest BCUT2D eigenvalue weighted by atomic mass is 127. The van der Waals surface area contributed by atoms with Gasteiger partial charge in [-0.05, 0) is 49.8 Å². The number of benzene rings is 1. The molecule has 2 heterocycles. The first kappa shape index (κ1) is 22.4. The Hall–Kier alpha value is -0.910. The van der Waals surface area contributed by atoms with E-state index >= 15 is 0 Å². The van der Waals surface area contributed by atoms with Crippen LogP contribution in [0.5, 0.6) is 0 Å². The number of likely N-dealkylation sites (tertiary alicyclic amines) is 1. The Morgan fingerprint density at radius 1 is 1.19 bits per heavy atom. The van der Waals surface area contributed by atoms with Crippen molar-refractivity contribution in [2.75, 3.05) is 26.2 Å². The van der Waals surface area contributed by atoms with Crippen LogP contribution in [0.3, 0.4) is 0 Å². The lowest BCUT2D eigenvalue weighted by Crippen LogP contribution is -2.40. The number of guanidine groups is 1. The van der Waals surface area contributed by atoms with Gasteiger partial charge in [0.15, 0.2) is 5.96 Å². The number of hydrogen-bond donors (Lipinski definition) is 2. The normalized spacial score (nSPS) is 21.1. The molecule has 3 N–H and O–H groups in total. The van der Waals surface area contributed by atoms with E-state index in [9.17, 15) is 8.42 Å². The van der Waals surface area contributed by atoms with E-state index < -0.39 is 10.0 Å². The van der Waals surface area contributed by atoms with Crippen molar-refractivity contribution in [3.8, 4) is 0 Å². The molecule has 0 bridgehead atoms. The van der Waals surface area contributed by atoms with E-state index in [4.69, 9.17) is 10.5 Å². The van der Waals surface area contributed by atoms with Crippen LogP contribution in [-0.2, 0) is 21.3 Å². The zero-order valence-corrected chi connectivity index (χ0v) is 18.6. The Bertz CT molecular complexity index is 713. The molecule has 0 radical (unpaired) electrons. The third kappa shape index (κ3) is 6.58. The molecule has 2 aliphatic heterocycles. The molecular weight excluding hydrogens is 479 g/mol. The predicted molar refractivity (Wildman–Crippen MR) is 117 cm³/mol. The smallest absolute Gasteiger partial charge is 0.240 e. The summed E-state index contributed by atoms with van der Waals surface area (Å²) in [4.78, 5) is 6.80. The van der Waals surface area contributed by atoms with Crippen molar-refractivity contribution in [1.29, 1.82) is 0 Å². The third-order valence-electron chi connectivity index (χ3n) is 4.86. The molecule has 0 spiro atoms. The van der Waals surface area contributed by atoms with Gasteiger partial charge in [0.05, 0.1) is 17.5 Å². The lowest BCUT2D eigenvalue weighted by molar-refractivity contribution is 0.114. The number of nitrogens with two attached hydrogens (primary N) is 1. The summed E-state index contributed by atoms with van der Waals surface area (Å²) >= 11 is 0. The van der Waals surface area contributed by atoms with Gasteiger partial charge in [0, 0.05) is 26.2 Å². The standard InChI is InChI=1S/C18H28N4O3S.HI/c19-18(22-10-2-1-3-11-22)20-13-15-6-8-17(9-7-15)26(23,24)21-14-16-5-4-12-25-16;/h6-9,16,21H,1-5,10-14H2,(H2,19,20);1H. The molecule has 2 aliphatic rings. The summed E-state index contributed by atoms with van der Waals surface area (Å²) in [5.41, 5.74) is 6.99. The fraction of sp³-hybridized carbons (Fsp3) is 0.611. The highest BCUT2D eigenvalue weighted by Gasteiger charge is 2.20. The lowest BCUT2D eigenvalue weighted by atomic mass is 10.1. The SMILES string of the molecule is I.NC(=NCc1ccc(S(=O)(=O)NCC2CCCO2)cc1)N1CCCCC1. The molecule has 3 rings (SSSR count). The molecule has 1 aromatic carbocycles. The van der Waals surface area contributed by atoms with Crippen LogP contribution in [0.25, 0.3) is 0 Å². The topological polar surface area (TPSA) is 97.0 Å². The number of halogens is 1. The Labute approximate surface area is 178 Å². The van der Waals surface area contributed by atoms with Crippen molar-refractivity contribution >= 4 is 40.0 Å². The number of piperidine rings is 1. The summed E-state index contributed by atoms with van der Waals surface area (Å²) in [5.74, 6) is 0.569. The van der Waals surface area contributed by atoms with Crippen molar-refractivity contribution in [1.82, 2.24) is 9.62 Å². The molecule has 152 valence electrons. The fourth-order valence-electron chi connectivity index (χ4n) is 3.26. The summed E-state index contributed by atoms with van der Waals surface area (Å²) < 4.78 is 32.8. The van der Waals surface area contributed by atoms with Crippen LogP contribution in [0.15, 0.2) is 34.2 Å². The van der Waals surface area contributed by atoms with E-state index in [0.29, 0.717) is 25.7 Å². The van der Waals surface area contributed by atoms with E-state index in [1.54, 1.807) is 24.3 Å². The summed E-state index contributed by atoms with van der Waals surface area (Å²) in [6.07, 6.45) is 5.43. The van der Waals surface area contributed by atoms with Gasteiger partial charge in [0.25, 0.3) is 0 Å². The molecule has 2 saturated heterocycles. The Kier molecular flexibility index (Phi) is 8.77. The zero-order valence-electron chi connectivity index (χ0n) is 15.5. The average molecular weight is 508 g/mol. The second-order valence-corrected chi connectivity index (χ2v) is 8.62. The molecule has 1 unspecified atom stereocenters. The minimum Gasteiger partial charge on any atom is -0.377 e. The highest BCUT2D eigenvalue weighted by Crippen LogP contribution is 2.15. The minimum absolute atomic E-state index is 0. The number of rotatable bonds is 6. The monoisotopic (exact) mass is 508 g/mol. The molecule has 1 atom stereocenters. The molecule has 27 heavy (non-hydrogen) atoms. The zero-order chi connectivity index (χ0) is 18.4. The van der Waals surface area contributed by atoms with Crippen molar-refractivity contribution in [3.05, 3.63) is 29.8 Å². The van der Waals surface area contributed by atoms with Gasteiger partial charge in [-0.15, -0.1) is 24.0 Å². The van der Waals surface area contributed by atoms with Crippen LogP contribution in [-0.4, -0.2) is 51.6 Å². The second-order valence-electron chi connectivity index (χ2n) is 6.85. The van der Waals surface area contributed by atoms with Gasteiger partial charge in [-0.1, -0.05) is 12.1 Å². The van der Waals surface area contributed by atoms with Gasteiger partial charge in [-0.3, -0.25) is 0 Å². The number of hydrogen-bond acceptors (Lipinski definition) is 4. The minimum atomic E-state index is -3.51. The van der Waals surface area contributed by atoms with Crippen molar-refractivity contribution in [2.24, 2.45) is 10.7 Å². The lowest BCUT2D eigenvalue weighted by Gasteiger charge is -2.27. The van der Waals surface area contributed by atoms with Gasteiger partial charge in [-0.2, -0.15) is 0 Å². The molecule has 9 heteroatoms. The largest absolute Gasteiger partial charge is 0.377 e.